The summed E-state index contributed by atoms with van der Waals surface area (Å²) in [6, 6.07) is 3.50. The molecule has 0 fully saturated rings. The first-order chi connectivity index (χ1) is 6.75. The zero-order valence-corrected chi connectivity index (χ0v) is 9.12. The Labute approximate surface area is 90.5 Å². The van der Waals surface area contributed by atoms with E-state index < -0.39 is 0 Å². The van der Waals surface area contributed by atoms with Crippen LogP contribution < -0.4 is 5.32 Å². The predicted molar refractivity (Wildman–Crippen MR) is 56.0 cm³/mol. The number of aliphatic hydroxyl groups is 1. The van der Waals surface area contributed by atoms with E-state index in [-0.39, 0.29) is 12.5 Å². The number of amides is 1. The summed E-state index contributed by atoms with van der Waals surface area (Å²) in [6.07, 6.45) is 2.11. The second kappa shape index (κ2) is 5.72. The number of hydrogen-bond donors (Lipinski definition) is 2. The molecule has 2 N–H and O–H groups in total. The molecule has 14 heavy (non-hydrogen) atoms. The largest absolute Gasteiger partial charge is 0.396 e. The number of nitrogens with zero attached hydrogens (tertiary/aromatic N) is 1. The van der Waals surface area contributed by atoms with Crippen LogP contribution in [-0.2, 0) is 0 Å². The van der Waals surface area contributed by atoms with Crippen molar-refractivity contribution in [3.05, 3.63) is 28.5 Å². The van der Waals surface area contributed by atoms with Crippen LogP contribution in [0.2, 0.25) is 0 Å². The van der Waals surface area contributed by atoms with Crippen LogP contribution >= 0.6 is 15.9 Å². The Morgan fingerprint density at radius 3 is 3.07 bits per heavy atom. The van der Waals surface area contributed by atoms with Crippen molar-refractivity contribution in [1.29, 1.82) is 0 Å². The average Bonchev–Trinajstić information content (AvgIpc) is 2.18. The molecule has 0 aliphatic carbocycles. The molecule has 0 atom stereocenters. The minimum Gasteiger partial charge on any atom is -0.396 e. The fraction of sp³-hybridized carbons (Fsp3) is 0.333. The SMILES string of the molecule is O=C(NCCCO)c1ncccc1Br. The molecule has 0 aliphatic heterocycles. The first-order valence-electron chi connectivity index (χ1n) is 4.25. The fourth-order valence-corrected chi connectivity index (χ4v) is 1.35. The van der Waals surface area contributed by atoms with Crippen molar-refractivity contribution in [1.82, 2.24) is 10.3 Å². The maximum absolute atomic E-state index is 11.5. The first-order valence-corrected chi connectivity index (χ1v) is 5.04. The molecule has 0 aromatic carbocycles. The highest BCUT2D eigenvalue weighted by atomic mass is 79.9. The van der Waals surface area contributed by atoms with E-state index in [9.17, 15) is 4.79 Å². The molecule has 76 valence electrons. The zero-order valence-electron chi connectivity index (χ0n) is 7.53. The van der Waals surface area contributed by atoms with Gasteiger partial charge in [0.2, 0.25) is 0 Å². The van der Waals surface area contributed by atoms with E-state index in [0.717, 1.165) is 0 Å². The summed E-state index contributed by atoms with van der Waals surface area (Å²) < 4.78 is 0.668. The number of carbonyl (C=O) groups excluding carboxylic acids is 1. The first kappa shape index (κ1) is 11.1. The molecule has 4 nitrogen and oxygen atoms in total. The molecule has 5 heteroatoms. The van der Waals surface area contributed by atoms with Crippen LogP contribution in [-0.4, -0.2) is 29.1 Å². The molecule has 1 heterocycles. The molecule has 1 rings (SSSR count). The molecule has 0 spiro atoms. The van der Waals surface area contributed by atoms with Crippen molar-refractivity contribution in [2.24, 2.45) is 0 Å². The highest BCUT2D eigenvalue weighted by molar-refractivity contribution is 9.10. The number of halogens is 1. The van der Waals surface area contributed by atoms with E-state index in [0.29, 0.717) is 23.1 Å². The number of aliphatic hydroxyl groups excluding tert-OH is 1. The normalized spacial score (nSPS) is 9.86. The Hall–Kier alpha value is -0.940. The van der Waals surface area contributed by atoms with Gasteiger partial charge in [0.1, 0.15) is 5.69 Å². The topological polar surface area (TPSA) is 62.2 Å². The van der Waals surface area contributed by atoms with Gasteiger partial charge in [-0.3, -0.25) is 4.79 Å². The summed E-state index contributed by atoms with van der Waals surface area (Å²) in [5.74, 6) is -0.231. The van der Waals surface area contributed by atoms with Crippen molar-refractivity contribution in [3.8, 4) is 0 Å². The maximum atomic E-state index is 11.5. The average molecular weight is 259 g/mol. The van der Waals surface area contributed by atoms with Gasteiger partial charge in [0.05, 0.1) is 0 Å². The summed E-state index contributed by atoms with van der Waals surface area (Å²) >= 11 is 3.23. The van der Waals surface area contributed by atoms with E-state index in [1.165, 1.54) is 0 Å². The Morgan fingerprint density at radius 2 is 2.43 bits per heavy atom. The lowest BCUT2D eigenvalue weighted by molar-refractivity contribution is 0.0945. The molecule has 0 bridgehead atoms. The van der Waals surface area contributed by atoms with Crippen molar-refractivity contribution in [2.75, 3.05) is 13.2 Å². The lowest BCUT2D eigenvalue weighted by Crippen LogP contribution is -2.26. The smallest absolute Gasteiger partial charge is 0.271 e. The zero-order chi connectivity index (χ0) is 10.4. The predicted octanol–water partition coefficient (Wildman–Crippen LogP) is 0.956. The monoisotopic (exact) mass is 258 g/mol. The molecule has 0 saturated heterocycles. The standard InChI is InChI=1S/C9H11BrN2O2/c10-7-3-1-4-11-8(7)9(14)12-5-2-6-13/h1,3-4,13H,2,5-6H2,(H,12,14). The number of hydrogen-bond acceptors (Lipinski definition) is 3. The number of pyridine rings is 1. The quantitative estimate of drug-likeness (QED) is 0.791. The number of aromatic nitrogens is 1. The fourth-order valence-electron chi connectivity index (χ4n) is 0.917. The van der Waals surface area contributed by atoms with Crippen LogP contribution in [0.5, 0.6) is 0 Å². The molecule has 0 saturated carbocycles. The lowest BCUT2D eigenvalue weighted by Gasteiger charge is -2.04. The van der Waals surface area contributed by atoms with Crippen LogP contribution in [0.1, 0.15) is 16.9 Å². The van der Waals surface area contributed by atoms with Crippen molar-refractivity contribution in [3.63, 3.8) is 0 Å². The molecule has 0 radical (unpaired) electrons. The van der Waals surface area contributed by atoms with Crippen LogP contribution in [0.4, 0.5) is 0 Å². The van der Waals surface area contributed by atoms with E-state index in [1.807, 2.05) is 0 Å². The van der Waals surface area contributed by atoms with E-state index in [4.69, 9.17) is 5.11 Å². The van der Waals surface area contributed by atoms with Gasteiger partial charge in [0, 0.05) is 23.8 Å². The highest BCUT2D eigenvalue weighted by Crippen LogP contribution is 2.12. The van der Waals surface area contributed by atoms with Crippen LogP contribution in [0, 0.1) is 0 Å². The van der Waals surface area contributed by atoms with Gasteiger partial charge in [-0.15, -0.1) is 0 Å². The van der Waals surface area contributed by atoms with E-state index >= 15 is 0 Å². The van der Waals surface area contributed by atoms with Gasteiger partial charge >= 0.3 is 0 Å². The summed E-state index contributed by atoms with van der Waals surface area (Å²) in [6.45, 7) is 0.530. The second-order valence-corrected chi connectivity index (χ2v) is 3.52. The number of nitrogens with one attached hydrogen (secondary N) is 1. The Kier molecular flexibility index (Phi) is 4.55. The van der Waals surface area contributed by atoms with Gasteiger partial charge in [-0.1, -0.05) is 0 Å². The molecule has 0 unspecified atom stereocenters. The van der Waals surface area contributed by atoms with Gasteiger partial charge < -0.3 is 10.4 Å². The Morgan fingerprint density at radius 1 is 1.64 bits per heavy atom. The van der Waals surface area contributed by atoms with Crippen LogP contribution in [0.3, 0.4) is 0 Å². The molecule has 0 aliphatic rings. The lowest BCUT2D eigenvalue weighted by atomic mass is 10.3. The van der Waals surface area contributed by atoms with Gasteiger partial charge in [-0.25, -0.2) is 4.98 Å². The molecule has 1 aromatic heterocycles. The van der Waals surface area contributed by atoms with Gasteiger partial charge in [0.15, 0.2) is 0 Å². The number of carbonyl (C=O) groups is 1. The molecular weight excluding hydrogens is 248 g/mol. The summed E-state index contributed by atoms with van der Waals surface area (Å²) in [4.78, 5) is 15.4. The van der Waals surface area contributed by atoms with Gasteiger partial charge in [-0.05, 0) is 34.5 Å². The highest BCUT2D eigenvalue weighted by Gasteiger charge is 2.09. The van der Waals surface area contributed by atoms with Crippen LogP contribution in [0.15, 0.2) is 22.8 Å². The number of rotatable bonds is 4. The Bertz CT molecular complexity index is 317. The third-order valence-electron chi connectivity index (χ3n) is 1.59. The van der Waals surface area contributed by atoms with E-state index in [1.54, 1.807) is 18.3 Å². The van der Waals surface area contributed by atoms with Gasteiger partial charge in [0.25, 0.3) is 5.91 Å². The third kappa shape index (κ3) is 3.08. The maximum Gasteiger partial charge on any atom is 0.271 e. The minimum atomic E-state index is -0.231. The summed E-state index contributed by atoms with van der Waals surface area (Å²) in [5.41, 5.74) is 0.366. The van der Waals surface area contributed by atoms with Crippen molar-refractivity contribution >= 4 is 21.8 Å². The van der Waals surface area contributed by atoms with Gasteiger partial charge in [-0.2, -0.15) is 0 Å². The molecular formula is C9H11BrN2O2. The van der Waals surface area contributed by atoms with Crippen molar-refractivity contribution < 1.29 is 9.90 Å². The third-order valence-corrected chi connectivity index (χ3v) is 2.23. The second-order valence-electron chi connectivity index (χ2n) is 2.67. The summed E-state index contributed by atoms with van der Waals surface area (Å²) in [5, 5.41) is 11.2. The summed E-state index contributed by atoms with van der Waals surface area (Å²) in [7, 11) is 0. The Balaban J connectivity index is 2.56. The van der Waals surface area contributed by atoms with E-state index in [2.05, 4.69) is 26.2 Å². The van der Waals surface area contributed by atoms with Crippen LogP contribution in [0.25, 0.3) is 0 Å². The van der Waals surface area contributed by atoms with Crippen molar-refractivity contribution in [2.45, 2.75) is 6.42 Å². The molecule has 1 aromatic rings. The molecule has 1 amide bonds. The minimum absolute atomic E-state index is 0.0731.